The van der Waals surface area contributed by atoms with Gasteiger partial charge in [0.15, 0.2) is 0 Å². The zero-order valence-electron chi connectivity index (χ0n) is 9.45. The van der Waals surface area contributed by atoms with Gasteiger partial charge in [0.25, 0.3) is 0 Å². The minimum absolute atomic E-state index is 0.00866. The van der Waals surface area contributed by atoms with Crippen LogP contribution >= 0.6 is 0 Å². The van der Waals surface area contributed by atoms with Crippen LogP contribution in [0.3, 0.4) is 0 Å². The molecule has 15 heavy (non-hydrogen) atoms. The van der Waals surface area contributed by atoms with Gasteiger partial charge in [-0.2, -0.15) is 0 Å². The Kier molecular flexibility index (Phi) is 4.12. The van der Waals surface area contributed by atoms with Gasteiger partial charge in [0.1, 0.15) is 0 Å². The number of nitrogens with one attached hydrogen (secondary N) is 1. The lowest BCUT2D eigenvalue weighted by molar-refractivity contribution is -0.132. The first-order valence-electron chi connectivity index (χ1n) is 5.69. The summed E-state index contributed by atoms with van der Waals surface area (Å²) in [6, 6.07) is 0.205. The van der Waals surface area contributed by atoms with E-state index < -0.39 is 0 Å². The van der Waals surface area contributed by atoms with Crippen LogP contribution in [0.2, 0.25) is 0 Å². The molecule has 4 heteroatoms. The molecule has 1 aliphatic rings. The number of primary amides is 1. The molecule has 1 heterocycles. The van der Waals surface area contributed by atoms with E-state index >= 15 is 0 Å². The van der Waals surface area contributed by atoms with E-state index in [0.717, 1.165) is 19.3 Å². The van der Waals surface area contributed by atoms with E-state index in [1.165, 1.54) is 0 Å². The van der Waals surface area contributed by atoms with Crippen LogP contribution < -0.4 is 11.1 Å². The average molecular weight is 212 g/mol. The van der Waals surface area contributed by atoms with Crippen molar-refractivity contribution in [1.82, 2.24) is 5.32 Å². The zero-order valence-corrected chi connectivity index (χ0v) is 9.45. The van der Waals surface area contributed by atoms with Crippen molar-refractivity contribution < 1.29 is 9.59 Å². The second-order valence-corrected chi connectivity index (χ2v) is 4.21. The fraction of sp³-hybridized carbons (Fsp3) is 0.818. The van der Waals surface area contributed by atoms with Gasteiger partial charge in [-0.05, 0) is 25.7 Å². The Morgan fingerprint density at radius 1 is 1.40 bits per heavy atom. The number of nitrogens with two attached hydrogens (primary N) is 1. The van der Waals surface area contributed by atoms with Crippen molar-refractivity contribution in [3.63, 3.8) is 0 Å². The monoisotopic (exact) mass is 212 g/mol. The maximum absolute atomic E-state index is 11.8. The molecule has 1 saturated heterocycles. The highest BCUT2D eigenvalue weighted by molar-refractivity contribution is 5.87. The van der Waals surface area contributed by atoms with Crippen molar-refractivity contribution in [2.75, 3.05) is 0 Å². The lowest BCUT2D eigenvalue weighted by Crippen LogP contribution is -2.39. The Hall–Kier alpha value is -1.06. The van der Waals surface area contributed by atoms with Gasteiger partial charge in [-0.15, -0.1) is 0 Å². The molecule has 1 fully saturated rings. The Labute approximate surface area is 90.6 Å². The van der Waals surface area contributed by atoms with E-state index in [2.05, 4.69) is 5.32 Å². The number of amides is 2. The molecular weight excluding hydrogens is 192 g/mol. The molecule has 1 unspecified atom stereocenters. The molecule has 0 spiro atoms. The second-order valence-electron chi connectivity index (χ2n) is 4.21. The SMILES string of the molecule is CCC1C(=O)N[C@H](CC)CC[C@H]1C(N)=O. The Morgan fingerprint density at radius 3 is 2.53 bits per heavy atom. The van der Waals surface area contributed by atoms with Crippen LogP contribution in [0.15, 0.2) is 0 Å². The van der Waals surface area contributed by atoms with E-state index in [-0.39, 0.29) is 29.7 Å². The van der Waals surface area contributed by atoms with Gasteiger partial charge in [-0.25, -0.2) is 0 Å². The molecule has 86 valence electrons. The summed E-state index contributed by atoms with van der Waals surface area (Å²) in [4.78, 5) is 23.1. The largest absolute Gasteiger partial charge is 0.369 e. The smallest absolute Gasteiger partial charge is 0.224 e. The van der Waals surface area contributed by atoms with Crippen molar-refractivity contribution in [2.24, 2.45) is 17.6 Å². The molecule has 0 radical (unpaired) electrons. The number of carbonyl (C=O) groups is 2. The lowest BCUT2D eigenvalue weighted by atomic mass is 9.86. The first kappa shape index (κ1) is 12.0. The third-order valence-corrected chi connectivity index (χ3v) is 3.29. The highest BCUT2D eigenvalue weighted by Crippen LogP contribution is 2.25. The van der Waals surface area contributed by atoms with Gasteiger partial charge >= 0.3 is 0 Å². The molecule has 4 nitrogen and oxygen atoms in total. The maximum Gasteiger partial charge on any atom is 0.224 e. The Balaban J connectivity index is 2.80. The van der Waals surface area contributed by atoms with Crippen molar-refractivity contribution in [1.29, 1.82) is 0 Å². The zero-order chi connectivity index (χ0) is 11.4. The van der Waals surface area contributed by atoms with E-state index in [1.807, 2.05) is 13.8 Å². The Morgan fingerprint density at radius 2 is 2.07 bits per heavy atom. The molecule has 1 rings (SSSR count). The summed E-state index contributed by atoms with van der Waals surface area (Å²) in [6.45, 7) is 3.96. The van der Waals surface area contributed by atoms with Gasteiger partial charge < -0.3 is 11.1 Å². The van der Waals surface area contributed by atoms with Crippen molar-refractivity contribution in [3.05, 3.63) is 0 Å². The van der Waals surface area contributed by atoms with E-state index in [4.69, 9.17) is 5.73 Å². The molecule has 3 N–H and O–H groups in total. The topological polar surface area (TPSA) is 72.2 Å². The summed E-state index contributed by atoms with van der Waals surface area (Å²) < 4.78 is 0. The third-order valence-electron chi connectivity index (χ3n) is 3.29. The molecule has 2 amide bonds. The molecule has 0 aromatic carbocycles. The highest BCUT2D eigenvalue weighted by atomic mass is 16.2. The second kappa shape index (κ2) is 5.14. The van der Waals surface area contributed by atoms with Gasteiger partial charge in [-0.3, -0.25) is 9.59 Å². The fourth-order valence-electron chi connectivity index (χ4n) is 2.26. The molecule has 0 bridgehead atoms. The van der Waals surface area contributed by atoms with Crippen LogP contribution in [0.5, 0.6) is 0 Å². The maximum atomic E-state index is 11.8. The van der Waals surface area contributed by atoms with Gasteiger partial charge in [0.05, 0.1) is 0 Å². The van der Waals surface area contributed by atoms with Crippen LogP contribution in [-0.4, -0.2) is 17.9 Å². The fourth-order valence-corrected chi connectivity index (χ4v) is 2.26. The minimum Gasteiger partial charge on any atom is -0.369 e. The highest BCUT2D eigenvalue weighted by Gasteiger charge is 2.34. The number of rotatable bonds is 3. The summed E-state index contributed by atoms with van der Waals surface area (Å²) >= 11 is 0. The van der Waals surface area contributed by atoms with Gasteiger partial charge in [-0.1, -0.05) is 13.8 Å². The average Bonchev–Trinajstić information content (AvgIpc) is 2.36. The molecule has 1 aliphatic heterocycles. The van der Waals surface area contributed by atoms with Crippen LogP contribution in [0.1, 0.15) is 39.5 Å². The third kappa shape index (κ3) is 2.70. The van der Waals surface area contributed by atoms with Gasteiger partial charge in [0.2, 0.25) is 11.8 Å². The molecule has 0 aromatic rings. The molecule has 3 atom stereocenters. The summed E-state index contributed by atoms with van der Waals surface area (Å²) in [6.07, 6.45) is 3.17. The summed E-state index contributed by atoms with van der Waals surface area (Å²) in [7, 11) is 0. The molecule has 0 saturated carbocycles. The number of hydrogen-bond acceptors (Lipinski definition) is 2. The summed E-state index contributed by atoms with van der Waals surface area (Å²) in [5.41, 5.74) is 5.33. The van der Waals surface area contributed by atoms with Crippen LogP contribution in [-0.2, 0) is 9.59 Å². The van der Waals surface area contributed by atoms with Crippen LogP contribution in [0, 0.1) is 11.8 Å². The first-order valence-corrected chi connectivity index (χ1v) is 5.69. The lowest BCUT2D eigenvalue weighted by Gasteiger charge is -2.18. The minimum atomic E-state index is -0.339. The van der Waals surface area contributed by atoms with E-state index in [1.54, 1.807) is 0 Å². The molecule has 0 aromatic heterocycles. The predicted molar refractivity (Wildman–Crippen MR) is 57.9 cm³/mol. The number of carbonyl (C=O) groups excluding carboxylic acids is 2. The van der Waals surface area contributed by atoms with E-state index in [0.29, 0.717) is 6.42 Å². The molecular formula is C11H20N2O2. The van der Waals surface area contributed by atoms with Gasteiger partial charge in [0, 0.05) is 17.9 Å². The summed E-state index contributed by atoms with van der Waals surface area (Å²) in [5.74, 6) is -0.870. The van der Waals surface area contributed by atoms with Crippen molar-refractivity contribution in [3.8, 4) is 0 Å². The van der Waals surface area contributed by atoms with Crippen molar-refractivity contribution in [2.45, 2.75) is 45.6 Å². The molecule has 0 aliphatic carbocycles. The first-order chi connectivity index (χ1) is 7.10. The van der Waals surface area contributed by atoms with Crippen molar-refractivity contribution >= 4 is 11.8 Å². The van der Waals surface area contributed by atoms with Crippen LogP contribution in [0.4, 0.5) is 0 Å². The van der Waals surface area contributed by atoms with Crippen LogP contribution in [0.25, 0.3) is 0 Å². The predicted octanol–water partition coefficient (Wildman–Crippen LogP) is 0.803. The standard InChI is InChI=1S/C11H20N2O2/c1-3-7-5-6-9(10(12)14)8(4-2)11(15)13-7/h7-9H,3-6H2,1-2H3,(H2,12,14)(H,13,15)/t7-,8?,9-/m1/s1. The normalized spacial score (nSPS) is 31.9. The quantitative estimate of drug-likeness (QED) is 0.726. The Bertz CT molecular complexity index is 253. The number of hydrogen-bond donors (Lipinski definition) is 2. The van der Waals surface area contributed by atoms with E-state index in [9.17, 15) is 9.59 Å². The summed E-state index contributed by atoms with van der Waals surface area (Å²) in [5, 5.41) is 2.97.